The molecule has 0 saturated carbocycles. The van der Waals surface area contributed by atoms with Crippen LogP contribution in [-0.4, -0.2) is 28.3 Å². The molecule has 2 heterocycles. The Hall–Kier alpha value is -1.72. The Labute approximate surface area is 81.0 Å². The van der Waals surface area contributed by atoms with E-state index in [-0.39, 0.29) is 12.1 Å². The van der Waals surface area contributed by atoms with Crippen LogP contribution in [0.2, 0.25) is 0 Å². The number of amides is 1. The Balaban J connectivity index is 2.30. The van der Waals surface area contributed by atoms with Crippen LogP contribution in [0.5, 0.6) is 0 Å². The fourth-order valence-corrected chi connectivity index (χ4v) is 1.79. The summed E-state index contributed by atoms with van der Waals surface area (Å²) < 4.78 is 4.66. The molecule has 0 aliphatic carbocycles. The predicted molar refractivity (Wildman–Crippen MR) is 49.4 cm³/mol. The van der Waals surface area contributed by atoms with Crippen LogP contribution in [0, 0.1) is 0 Å². The predicted octanol–water partition coefficient (Wildman–Crippen LogP) is 0.635. The van der Waals surface area contributed by atoms with Gasteiger partial charge in [-0.1, -0.05) is 0 Å². The molecule has 0 bridgehead atoms. The van der Waals surface area contributed by atoms with Gasteiger partial charge in [0.2, 0.25) is 0 Å². The number of fused-ring (bicyclic) bond motifs is 1. The number of aromatic amines is 1. The molecule has 2 rings (SSSR count). The van der Waals surface area contributed by atoms with Gasteiger partial charge < -0.3 is 10.5 Å². The van der Waals surface area contributed by atoms with Crippen molar-refractivity contribution in [3.63, 3.8) is 0 Å². The van der Waals surface area contributed by atoms with Gasteiger partial charge in [0, 0.05) is 5.56 Å². The number of nitrogens with two attached hydrogens (primary N) is 1. The molecule has 1 unspecified atom stereocenters. The minimum Gasteiger partial charge on any atom is -0.453 e. The van der Waals surface area contributed by atoms with Gasteiger partial charge in [-0.05, 0) is 6.92 Å². The van der Waals surface area contributed by atoms with E-state index in [1.165, 1.54) is 7.11 Å². The summed E-state index contributed by atoms with van der Waals surface area (Å²) in [6.07, 6.45) is -0.346. The van der Waals surface area contributed by atoms with Crippen molar-refractivity contribution in [2.75, 3.05) is 12.8 Å². The van der Waals surface area contributed by atoms with Crippen molar-refractivity contribution in [3.8, 4) is 0 Å². The number of hydrogen-bond donors (Lipinski definition) is 2. The molecular formula is C8H12N4O2. The van der Waals surface area contributed by atoms with Crippen molar-refractivity contribution in [3.05, 3.63) is 11.3 Å². The zero-order chi connectivity index (χ0) is 10.3. The molecule has 0 saturated heterocycles. The summed E-state index contributed by atoms with van der Waals surface area (Å²) in [6, 6.07) is -0.0730. The maximum Gasteiger partial charge on any atom is 0.410 e. The van der Waals surface area contributed by atoms with E-state index in [1.807, 2.05) is 6.92 Å². The topological polar surface area (TPSA) is 84.2 Å². The minimum atomic E-state index is -0.346. The highest BCUT2D eigenvalue weighted by atomic mass is 16.5. The molecule has 14 heavy (non-hydrogen) atoms. The van der Waals surface area contributed by atoms with Crippen LogP contribution < -0.4 is 5.73 Å². The quantitative estimate of drug-likeness (QED) is 0.637. The minimum absolute atomic E-state index is 0.0730. The monoisotopic (exact) mass is 196 g/mol. The van der Waals surface area contributed by atoms with E-state index in [1.54, 1.807) is 4.90 Å². The van der Waals surface area contributed by atoms with Gasteiger partial charge in [0.05, 0.1) is 25.4 Å². The SMILES string of the molecule is COC(=O)N1Cc2[nH]nc(N)c2C1C. The number of anilines is 1. The van der Waals surface area contributed by atoms with Crippen molar-refractivity contribution < 1.29 is 9.53 Å². The molecule has 0 spiro atoms. The number of H-pyrrole nitrogens is 1. The second-order valence-corrected chi connectivity index (χ2v) is 3.27. The molecule has 1 amide bonds. The number of ether oxygens (including phenoxy) is 1. The van der Waals surface area contributed by atoms with Gasteiger partial charge in [0.25, 0.3) is 0 Å². The number of methoxy groups -OCH3 is 1. The van der Waals surface area contributed by atoms with E-state index >= 15 is 0 Å². The van der Waals surface area contributed by atoms with Gasteiger partial charge in [0.15, 0.2) is 5.82 Å². The van der Waals surface area contributed by atoms with Gasteiger partial charge in [-0.15, -0.1) is 0 Å². The van der Waals surface area contributed by atoms with Crippen LogP contribution in [-0.2, 0) is 11.3 Å². The third-order valence-corrected chi connectivity index (χ3v) is 2.54. The average molecular weight is 196 g/mol. The zero-order valence-electron chi connectivity index (χ0n) is 8.07. The summed E-state index contributed by atoms with van der Waals surface area (Å²) in [7, 11) is 1.36. The van der Waals surface area contributed by atoms with Crippen LogP contribution in [0.25, 0.3) is 0 Å². The molecule has 1 aliphatic rings. The molecule has 1 aromatic rings. The summed E-state index contributed by atoms with van der Waals surface area (Å²) in [6.45, 7) is 2.38. The maximum atomic E-state index is 11.3. The number of nitrogens with one attached hydrogen (secondary N) is 1. The number of carbonyl (C=O) groups excluding carboxylic acids is 1. The first-order valence-electron chi connectivity index (χ1n) is 4.32. The standard InChI is InChI=1S/C8H12N4O2/c1-4-6-5(10-11-7(6)9)3-12(4)8(13)14-2/h4H,3H2,1-2H3,(H3,9,10,11). The van der Waals surface area contributed by atoms with Gasteiger partial charge in [-0.3, -0.25) is 10.00 Å². The van der Waals surface area contributed by atoms with Crippen molar-refractivity contribution in [1.29, 1.82) is 0 Å². The summed E-state index contributed by atoms with van der Waals surface area (Å²) >= 11 is 0. The lowest BCUT2D eigenvalue weighted by Crippen LogP contribution is -2.28. The Morgan fingerprint density at radius 2 is 2.50 bits per heavy atom. The first-order chi connectivity index (χ1) is 6.65. The Morgan fingerprint density at radius 3 is 3.07 bits per heavy atom. The lowest BCUT2D eigenvalue weighted by molar-refractivity contribution is 0.111. The highest BCUT2D eigenvalue weighted by molar-refractivity contribution is 5.70. The number of nitrogens with zero attached hydrogens (tertiary/aromatic N) is 2. The van der Waals surface area contributed by atoms with Gasteiger partial charge in [0.1, 0.15) is 0 Å². The number of carbonyl (C=O) groups is 1. The van der Waals surface area contributed by atoms with E-state index in [0.29, 0.717) is 12.4 Å². The summed E-state index contributed by atoms with van der Waals surface area (Å²) in [4.78, 5) is 12.9. The number of nitrogen functional groups attached to an aromatic ring is 1. The highest BCUT2D eigenvalue weighted by Crippen LogP contribution is 2.35. The van der Waals surface area contributed by atoms with Gasteiger partial charge >= 0.3 is 6.09 Å². The average Bonchev–Trinajstić information content (AvgIpc) is 2.68. The maximum absolute atomic E-state index is 11.3. The van der Waals surface area contributed by atoms with Crippen LogP contribution in [0.1, 0.15) is 24.2 Å². The largest absolute Gasteiger partial charge is 0.453 e. The van der Waals surface area contributed by atoms with Gasteiger partial charge in [-0.2, -0.15) is 5.10 Å². The van der Waals surface area contributed by atoms with E-state index < -0.39 is 0 Å². The molecule has 1 aliphatic heterocycles. The third kappa shape index (κ3) is 1.03. The summed E-state index contributed by atoms with van der Waals surface area (Å²) in [5, 5.41) is 6.68. The van der Waals surface area contributed by atoms with E-state index in [2.05, 4.69) is 14.9 Å². The molecule has 1 aromatic heterocycles. The lowest BCUT2D eigenvalue weighted by atomic mass is 10.1. The summed E-state index contributed by atoms with van der Waals surface area (Å²) in [5.74, 6) is 0.457. The number of rotatable bonds is 0. The highest BCUT2D eigenvalue weighted by Gasteiger charge is 2.34. The van der Waals surface area contributed by atoms with E-state index in [9.17, 15) is 4.79 Å². The Kier molecular flexibility index (Phi) is 1.83. The zero-order valence-corrected chi connectivity index (χ0v) is 8.07. The molecule has 6 nitrogen and oxygen atoms in total. The molecule has 76 valence electrons. The van der Waals surface area contributed by atoms with Crippen LogP contribution in [0.15, 0.2) is 0 Å². The van der Waals surface area contributed by atoms with E-state index in [4.69, 9.17) is 5.73 Å². The molecule has 6 heteroatoms. The fraction of sp³-hybridized carbons (Fsp3) is 0.500. The summed E-state index contributed by atoms with van der Waals surface area (Å²) in [5.41, 5.74) is 7.45. The smallest absolute Gasteiger partial charge is 0.410 e. The fourth-order valence-electron chi connectivity index (χ4n) is 1.79. The van der Waals surface area contributed by atoms with E-state index in [0.717, 1.165) is 11.3 Å². The van der Waals surface area contributed by atoms with Gasteiger partial charge in [-0.25, -0.2) is 4.79 Å². The molecule has 3 N–H and O–H groups in total. The first kappa shape index (κ1) is 8.86. The molecule has 0 radical (unpaired) electrons. The molecule has 0 fully saturated rings. The third-order valence-electron chi connectivity index (χ3n) is 2.54. The van der Waals surface area contributed by atoms with Crippen molar-refractivity contribution in [1.82, 2.24) is 15.1 Å². The lowest BCUT2D eigenvalue weighted by Gasteiger charge is -2.19. The molecular weight excluding hydrogens is 184 g/mol. The second-order valence-electron chi connectivity index (χ2n) is 3.27. The van der Waals surface area contributed by atoms with Crippen LogP contribution in [0.3, 0.4) is 0 Å². The van der Waals surface area contributed by atoms with Crippen LogP contribution in [0.4, 0.5) is 10.6 Å². The van der Waals surface area contributed by atoms with Crippen molar-refractivity contribution in [2.24, 2.45) is 0 Å². The molecule has 1 atom stereocenters. The number of aromatic nitrogens is 2. The molecule has 0 aromatic carbocycles. The van der Waals surface area contributed by atoms with Crippen LogP contribution >= 0.6 is 0 Å². The van der Waals surface area contributed by atoms with Crippen molar-refractivity contribution >= 4 is 11.9 Å². The first-order valence-corrected chi connectivity index (χ1v) is 4.32. The Morgan fingerprint density at radius 1 is 1.79 bits per heavy atom. The normalized spacial score (nSPS) is 19.6. The number of hydrogen-bond acceptors (Lipinski definition) is 4. The Bertz CT molecular complexity index is 373. The van der Waals surface area contributed by atoms with Crippen molar-refractivity contribution in [2.45, 2.75) is 19.5 Å². The second kappa shape index (κ2) is 2.90.